The number of thiophene rings is 1. The normalized spacial score (nSPS) is 16.3. The molecule has 0 amide bonds. The lowest BCUT2D eigenvalue weighted by molar-refractivity contribution is 0.669. The Labute approximate surface area is 409 Å². The molecule has 0 saturated carbocycles. The van der Waals surface area contributed by atoms with Crippen molar-refractivity contribution in [2.24, 2.45) is 0 Å². The van der Waals surface area contributed by atoms with Crippen LogP contribution in [0.1, 0.15) is 39.3 Å². The van der Waals surface area contributed by atoms with Crippen LogP contribution >= 0.6 is 11.3 Å². The third kappa shape index (κ3) is 5.18. The summed E-state index contributed by atoms with van der Waals surface area (Å²) in [5, 5.41) is 3.53. The number of benzene rings is 10. The van der Waals surface area contributed by atoms with Gasteiger partial charge in [0.2, 0.25) is 0 Å². The van der Waals surface area contributed by atoms with Crippen LogP contribution in [0, 0.1) is 0 Å². The minimum absolute atomic E-state index is 0.433. The van der Waals surface area contributed by atoms with Crippen molar-refractivity contribution in [3.05, 3.63) is 270 Å². The molecule has 2 aromatic heterocycles. The highest BCUT2D eigenvalue weighted by Crippen LogP contribution is 2.67. The van der Waals surface area contributed by atoms with Gasteiger partial charge in [-0.2, -0.15) is 0 Å². The summed E-state index contributed by atoms with van der Waals surface area (Å²) in [5.41, 5.74) is 23.8. The van der Waals surface area contributed by atoms with Crippen molar-refractivity contribution in [1.82, 2.24) is 0 Å². The number of fused-ring (bicyclic) bond motifs is 21. The lowest BCUT2D eigenvalue weighted by Gasteiger charge is -2.33. The van der Waals surface area contributed by atoms with E-state index >= 15 is 0 Å². The van der Waals surface area contributed by atoms with Crippen molar-refractivity contribution >= 4 is 83.1 Å². The van der Waals surface area contributed by atoms with Crippen molar-refractivity contribution in [2.45, 2.75) is 11.3 Å². The highest BCUT2D eigenvalue weighted by Gasteiger charge is 2.54. The van der Waals surface area contributed by atoms with E-state index in [1.807, 2.05) is 17.4 Å². The largest absolute Gasteiger partial charge is 0.456 e. The SMILES string of the molecule is C1=C2c3ccc(N(c4ccccc4)c4ccc5c(c4)C4(c6ccccc6-5)c5cc(N(c6ccccc6)c6ccc7oc8ccccc8c7c6)ccc5-c5sc6ccccc6c54)cc3-c3ccccc3C12. The van der Waals surface area contributed by atoms with E-state index in [0.29, 0.717) is 5.92 Å². The smallest absolute Gasteiger partial charge is 0.135 e. The second-order valence-electron chi connectivity index (χ2n) is 19.1. The first kappa shape index (κ1) is 38.3. The number of rotatable bonds is 6. The monoisotopic (exact) mass is 908 g/mol. The molecule has 12 aromatic rings. The van der Waals surface area contributed by atoms with Gasteiger partial charge < -0.3 is 14.2 Å². The number of hydrogen-bond donors (Lipinski definition) is 0. The summed E-state index contributed by atoms with van der Waals surface area (Å²) in [7, 11) is 0. The molecule has 0 radical (unpaired) electrons. The third-order valence-electron chi connectivity index (χ3n) is 15.5. The van der Waals surface area contributed by atoms with Gasteiger partial charge >= 0.3 is 0 Å². The number of hydrogen-bond acceptors (Lipinski definition) is 4. The van der Waals surface area contributed by atoms with Gasteiger partial charge in [0.05, 0.1) is 5.41 Å². The van der Waals surface area contributed by atoms with Gasteiger partial charge in [-0.3, -0.25) is 0 Å². The molecule has 0 aliphatic heterocycles. The summed E-state index contributed by atoms with van der Waals surface area (Å²) in [6.07, 6.45) is 2.42. The van der Waals surface area contributed by atoms with Gasteiger partial charge in [0.15, 0.2) is 0 Å². The number of furan rings is 1. The van der Waals surface area contributed by atoms with Gasteiger partial charge in [-0.25, -0.2) is 0 Å². The Balaban J connectivity index is 0.949. The molecule has 0 N–H and O–H groups in total. The van der Waals surface area contributed by atoms with Gasteiger partial charge in [-0.1, -0.05) is 146 Å². The van der Waals surface area contributed by atoms with Crippen LogP contribution in [0.5, 0.6) is 0 Å². The number of anilines is 6. The number of nitrogens with zero attached hydrogens (tertiary/aromatic N) is 2. The second kappa shape index (κ2) is 14.2. The zero-order valence-corrected chi connectivity index (χ0v) is 38.6. The van der Waals surface area contributed by atoms with Crippen LogP contribution in [0.3, 0.4) is 0 Å². The highest BCUT2D eigenvalue weighted by molar-refractivity contribution is 7.22. The van der Waals surface area contributed by atoms with Crippen LogP contribution in [0.2, 0.25) is 0 Å². The zero-order chi connectivity index (χ0) is 45.7. The van der Waals surface area contributed by atoms with Crippen molar-refractivity contribution in [2.75, 3.05) is 9.80 Å². The second-order valence-corrected chi connectivity index (χ2v) is 20.1. The molecule has 326 valence electrons. The lowest BCUT2D eigenvalue weighted by Crippen LogP contribution is -2.26. The van der Waals surface area contributed by atoms with E-state index in [4.69, 9.17) is 4.42 Å². The van der Waals surface area contributed by atoms with E-state index in [2.05, 4.69) is 240 Å². The molecule has 16 rings (SSSR count). The average Bonchev–Trinajstić information content (AvgIpc) is 3.76. The van der Waals surface area contributed by atoms with Crippen molar-refractivity contribution in [3.8, 4) is 32.7 Å². The maximum absolute atomic E-state index is 6.36. The topological polar surface area (TPSA) is 19.6 Å². The summed E-state index contributed by atoms with van der Waals surface area (Å²) in [4.78, 5) is 6.23. The maximum Gasteiger partial charge on any atom is 0.135 e. The highest BCUT2D eigenvalue weighted by atomic mass is 32.1. The minimum Gasteiger partial charge on any atom is -0.456 e. The molecule has 70 heavy (non-hydrogen) atoms. The molecule has 1 spiro atoms. The molecule has 4 heteroatoms. The summed E-state index contributed by atoms with van der Waals surface area (Å²) in [6.45, 7) is 0. The van der Waals surface area contributed by atoms with Crippen molar-refractivity contribution in [1.29, 1.82) is 0 Å². The molecule has 2 atom stereocenters. The maximum atomic E-state index is 6.36. The van der Waals surface area contributed by atoms with Crippen LogP contribution in [0.25, 0.3) is 70.3 Å². The summed E-state index contributed by atoms with van der Waals surface area (Å²) >= 11 is 1.93. The Bertz CT molecular complexity index is 4220. The fraction of sp³-hybridized carbons (Fsp3) is 0.0303. The van der Waals surface area contributed by atoms with Crippen LogP contribution < -0.4 is 9.80 Å². The van der Waals surface area contributed by atoms with Crippen molar-refractivity contribution < 1.29 is 4.42 Å². The first-order valence-electron chi connectivity index (χ1n) is 24.2. The average molecular weight is 909 g/mol. The minimum atomic E-state index is -0.611. The van der Waals surface area contributed by atoms with E-state index in [0.717, 1.165) is 56.1 Å². The zero-order valence-electron chi connectivity index (χ0n) is 37.8. The molecular formula is C66H40N2OS. The first-order valence-corrected chi connectivity index (χ1v) is 25.0. The Morgan fingerprint density at radius 2 is 0.929 bits per heavy atom. The van der Waals surface area contributed by atoms with E-state index in [-0.39, 0.29) is 0 Å². The van der Waals surface area contributed by atoms with Crippen LogP contribution in [0.15, 0.2) is 241 Å². The predicted octanol–water partition coefficient (Wildman–Crippen LogP) is 18.2. The molecule has 0 bridgehead atoms. The molecule has 3 nitrogen and oxygen atoms in total. The molecule has 2 unspecified atom stereocenters. The summed E-state index contributed by atoms with van der Waals surface area (Å²) in [5.74, 6) is 0.433. The molecule has 4 aliphatic carbocycles. The van der Waals surface area contributed by atoms with Crippen molar-refractivity contribution in [3.63, 3.8) is 0 Å². The number of para-hydroxylation sites is 3. The van der Waals surface area contributed by atoms with E-state index in [9.17, 15) is 0 Å². The Hall–Kier alpha value is -8.70. The molecular weight excluding hydrogens is 869 g/mol. The van der Waals surface area contributed by atoms with Crippen LogP contribution in [-0.2, 0) is 5.41 Å². The predicted molar refractivity (Wildman–Crippen MR) is 291 cm³/mol. The summed E-state index contributed by atoms with van der Waals surface area (Å²) in [6, 6.07) is 85.6. The van der Waals surface area contributed by atoms with Gasteiger partial charge in [0.1, 0.15) is 11.2 Å². The van der Waals surface area contributed by atoms with Gasteiger partial charge in [-0.15, -0.1) is 11.3 Å². The van der Waals surface area contributed by atoms with Gasteiger partial charge in [0.25, 0.3) is 0 Å². The third-order valence-corrected chi connectivity index (χ3v) is 16.7. The molecule has 2 heterocycles. The van der Waals surface area contributed by atoms with E-state index in [1.54, 1.807) is 0 Å². The Kier molecular flexibility index (Phi) is 7.75. The standard InChI is InChI=1S/C66H40N2OS/c1-3-15-40(16-4-1)67(42-27-31-48-54(35-42)46-19-7-8-20-47(46)55-39-56(48)55)44-28-32-50-49-21-9-12-24-58(49)66(59(50)37-44)60-38-45(29-33-52(60)65-64(66)53-23-11-14-26-63(53)70-65)68(41-17-5-2-6-18-41)43-30-34-62-57(36-43)51-22-10-13-25-61(51)69-62/h1-39,55H. The quantitative estimate of drug-likeness (QED) is 0.166. The Morgan fingerprint density at radius 1 is 0.371 bits per heavy atom. The molecule has 0 saturated heterocycles. The van der Waals surface area contributed by atoms with Gasteiger partial charge in [0, 0.05) is 60.4 Å². The summed E-state index contributed by atoms with van der Waals surface area (Å²) < 4.78 is 7.66. The van der Waals surface area contributed by atoms with Crippen LogP contribution in [0.4, 0.5) is 34.1 Å². The molecule has 10 aromatic carbocycles. The Morgan fingerprint density at radius 3 is 1.71 bits per heavy atom. The molecule has 0 fully saturated rings. The van der Waals surface area contributed by atoms with E-state index in [1.165, 1.54) is 81.7 Å². The fourth-order valence-corrected chi connectivity index (χ4v) is 13.9. The number of allylic oxidation sites excluding steroid dienone is 2. The van der Waals surface area contributed by atoms with E-state index < -0.39 is 5.41 Å². The molecule has 4 aliphatic rings. The lowest BCUT2D eigenvalue weighted by atomic mass is 9.70. The van der Waals surface area contributed by atoms with Crippen LogP contribution in [-0.4, -0.2) is 0 Å². The fourth-order valence-electron chi connectivity index (χ4n) is 12.6. The first-order chi connectivity index (χ1) is 34.7. The van der Waals surface area contributed by atoms with Gasteiger partial charge in [-0.05, 0) is 163 Å².